The average Bonchev–Trinajstić information content (AvgIpc) is 2.45. The Bertz CT molecular complexity index is 632. The van der Waals surface area contributed by atoms with Crippen LogP contribution in [0.1, 0.15) is 15.9 Å². The Morgan fingerprint density at radius 1 is 1.40 bits per heavy atom. The third kappa shape index (κ3) is 3.39. The van der Waals surface area contributed by atoms with Crippen molar-refractivity contribution in [2.45, 2.75) is 6.54 Å². The Balaban J connectivity index is 2.17. The lowest BCUT2D eigenvalue weighted by molar-refractivity contribution is 0.0697. The second kappa shape index (κ2) is 6.25. The number of hydrogen-bond donors (Lipinski definition) is 2. The van der Waals surface area contributed by atoms with Gasteiger partial charge in [-0.15, -0.1) is 0 Å². The van der Waals surface area contributed by atoms with E-state index in [-0.39, 0.29) is 16.5 Å². The van der Waals surface area contributed by atoms with Gasteiger partial charge in [0.2, 0.25) is 0 Å². The summed E-state index contributed by atoms with van der Waals surface area (Å²) in [5.74, 6) is -0.0723. The first-order chi connectivity index (χ1) is 9.60. The molecule has 0 saturated carbocycles. The smallest absolute Gasteiger partial charge is 0.339 e. The number of anilines is 1. The van der Waals surface area contributed by atoms with Gasteiger partial charge >= 0.3 is 5.97 Å². The predicted molar refractivity (Wildman–Crippen MR) is 76.5 cm³/mol. The number of nitrogens with one attached hydrogen (secondary N) is 1. The van der Waals surface area contributed by atoms with E-state index in [0.717, 1.165) is 11.3 Å². The zero-order valence-electron chi connectivity index (χ0n) is 10.8. The first-order valence-electron chi connectivity index (χ1n) is 5.87. The molecule has 2 aromatic rings. The van der Waals surface area contributed by atoms with Crippen molar-refractivity contribution in [3.63, 3.8) is 0 Å². The number of aromatic nitrogens is 1. The quantitative estimate of drug-likeness (QED) is 0.829. The number of carboxylic acids is 1. The molecule has 0 bridgehead atoms. The van der Waals surface area contributed by atoms with Crippen LogP contribution in [0.15, 0.2) is 36.4 Å². The number of aromatic carboxylic acids is 1. The minimum absolute atomic E-state index is 0.0808. The van der Waals surface area contributed by atoms with Crippen LogP contribution in [0.3, 0.4) is 0 Å². The fraction of sp³-hybridized carbons (Fsp3) is 0.143. The summed E-state index contributed by atoms with van der Waals surface area (Å²) >= 11 is 5.79. The Hall–Kier alpha value is -2.27. The maximum atomic E-state index is 11.1. The standard InChI is InChI=1S/C14H13ClN2O3/c1-20-10-4-2-3-9(7-10)8-16-13-11(14(18)19)5-6-12(15)17-13/h2-7H,8H2,1H3,(H,16,17)(H,18,19). The lowest BCUT2D eigenvalue weighted by atomic mass is 10.2. The van der Waals surface area contributed by atoms with Crippen molar-refractivity contribution in [1.29, 1.82) is 0 Å². The monoisotopic (exact) mass is 292 g/mol. The summed E-state index contributed by atoms with van der Waals surface area (Å²) in [5, 5.41) is 12.3. The predicted octanol–water partition coefficient (Wildman–Crippen LogP) is 3.05. The molecule has 0 unspecified atom stereocenters. The van der Waals surface area contributed by atoms with E-state index in [1.165, 1.54) is 12.1 Å². The minimum Gasteiger partial charge on any atom is -0.497 e. The number of nitrogens with zero attached hydrogens (tertiary/aromatic N) is 1. The van der Waals surface area contributed by atoms with Gasteiger partial charge in [0.25, 0.3) is 0 Å². The zero-order valence-corrected chi connectivity index (χ0v) is 11.5. The van der Waals surface area contributed by atoms with Gasteiger partial charge in [0, 0.05) is 6.54 Å². The van der Waals surface area contributed by atoms with Gasteiger partial charge in [-0.05, 0) is 29.8 Å². The summed E-state index contributed by atoms with van der Waals surface area (Å²) in [7, 11) is 1.59. The summed E-state index contributed by atoms with van der Waals surface area (Å²) in [4.78, 5) is 15.1. The van der Waals surface area contributed by atoms with Gasteiger partial charge in [0.1, 0.15) is 22.3 Å². The van der Waals surface area contributed by atoms with E-state index in [2.05, 4.69) is 10.3 Å². The number of rotatable bonds is 5. The second-order valence-corrected chi connectivity index (χ2v) is 4.43. The summed E-state index contributed by atoms with van der Waals surface area (Å²) in [5.41, 5.74) is 1.03. The molecule has 2 rings (SSSR count). The van der Waals surface area contributed by atoms with Crippen LogP contribution >= 0.6 is 11.6 Å². The Morgan fingerprint density at radius 3 is 2.90 bits per heavy atom. The lowest BCUT2D eigenvalue weighted by Crippen LogP contribution is -2.08. The SMILES string of the molecule is COc1cccc(CNc2nc(Cl)ccc2C(=O)O)c1. The van der Waals surface area contributed by atoms with Crippen LogP contribution in [0.5, 0.6) is 5.75 Å². The molecule has 104 valence electrons. The van der Waals surface area contributed by atoms with E-state index in [9.17, 15) is 4.79 Å². The maximum Gasteiger partial charge on any atom is 0.339 e. The molecule has 1 aromatic carbocycles. The highest BCUT2D eigenvalue weighted by atomic mass is 35.5. The lowest BCUT2D eigenvalue weighted by Gasteiger charge is -2.09. The first kappa shape index (κ1) is 14.1. The van der Waals surface area contributed by atoms with Gasteiger partial charge in [-0.1, -0.05) is 23.7 Å². The number of carboxylic acid groups (broad SMARTS) is 1. The van der Waals surface area contributed by atoms with E-state index >= 15 is 0 Å². The molecular weight excluding hydrogens is 280 g/mol. The highest BCUT2D eigenvalue weighted by Gasteiger charge is 2.11. The number of methoxy groups -OCH3 is 1. The van der Waals surface area contributed by atoms with Gasteiger partial charge in [-0.25, -0.2) is 9.78 Å². The van der Waals surface area contributed by atoms with E-state index < -0.39 is 5.97 Å². The van der Waals surface area contributed by atoms with Crippen molar-refractivity contribution in [3.8, 4) is 5.75 Å². The van der Waals surface area contributed by atoms with Crippen LogP contribution in [-0.4, -0.2) is 23.2 Å². The third-order valence-electron chi connectivity index (χ3n) is 2.69. The molecular formula is C14H13ClN2O3. The number of hydrogen-bond acceptors (Lipinski definition) is 4. The van der Waals surface area contributed by atoms with E-state index in [4.69, 9.17) is 21.4 Å². The van der Waals surface area contributed by atoms with Crippen molar-refractivity contribution in [3.05, 3.63) is 52.7 Å². The molecule has 0 amide bonds. The highest BCUT2D eigenvalue weighted by molar-refractivity contribution is 6.29. The summed E-state index contributed by atoms with van der Waals surface area (Å²) in [6.45, 7) is 0.421. The van der Waals surface area contributed by atoms with Crippen molar-refractivity contribution >= 4 is 23.4 Å². The molecule has 0 aliphatic rings. The van der Waals surface area contributed by atoms with Gasteiger partial charge in [-0.2, -0.15) is 0 Å². The topological polar surface area (TPSA) is 71.5 Å². The molecule has 0 fully saturated rings. The molecule has 6 heteroatoms. The van der Waals surface area contributed by atoms with Crippen LogP contribution in [-0.2, 0) is 6.54 Å². The molecule has 1 aromatic heterocycles. The number of benzene rings is 1. The summed E-state index contributed by atoms with van der Waals surface area (Å²) in [6, 6.07) is 10.3. The number of pyridine rings is 1. The molecule has 0 aliphatic heterocycles. The minimum atomic E-state index is -1.05. The molecule has 0 atom stereocenters. The molecule has 0 spiro atoms. The molecule has 0 saturated heterocycles. The normalized spacial score (nSPS) is 10.1. The summed E-state index contributed by atoms with van der Waals surface area (Å²) in [6.07, 6.45) is 0. The second-order valence-electron chi connectivity index (χ2n) is 4.04. The first-order valence-corrected chi connectivity index (χ1v) is 6.24. The van der Waals surface area contributed by atoms with E-state index in [1.807, 2.05) is 24.3 Å². The average molecular weight is 293 g/mol. The van der Waals surface area contributed by atoms with Crippen LogP contribution in [0.4, 0.5) is 5.82 Å². The molecule has 2 N–H and O–H groups in total. The number of carbonyl (C=O) groups is 1. The third-order valence-corrected chi connectivity index (χ3v) is 2.90. The molecule has 0 aliphatic carbocycles. The van der Waals surface area contributed by atoms with Crippen molar-refractivity contribution in [2.75, 3.05) is 12.4 Å². The molecule has 20 heavy (non-hydrogen) atoms. The fourth-order valence-corrected chi connectivity index (χ4v) is 1.86. The highest BCUT2D eigenvalue weighted by Crippen LogP contribution is 2.19. The van der Waals surface area contributed by atoms with Crippen LogP contribution in [0.25, 0.3) is 0 Å². The van der Waals surface area contributed by atoms with Crippen LogP contribution < -0.4 is 10.1 Å². The Kier molecular flexibility index (Phi) is 4.42. The zero-order chi connectivity index (χ0) is 14.5. The van der Waals surface area contributed by atoms with Crippen molar-refractivity contribution in [1.82, 2.24) is 4.98 Å². The Morgan fingerprint density at radius 2 is 2.20 bits per heavy atom. The molecule has 5 nitrogen and oxygen atoms in total. The van der Waals surface area contributed by atoms with Crippen molar-refractivity contribution in [2.24, 2.45) is 0 Å². The van der Waals surface area contributed by atoms with E-state index in [1.54, 1.807) is 7.11 Å². The number of halogens is 1. The Labute approximate surface area is 121 Å². The fourth-order valence-electron chi connectivity index (χ4n) is 1.71. The van der Waals surface area contributed by atoms with Gasteiger partial charge in [-0.3, -0.25) is 0 Å². The molecule has 0 radical (unpaired) electrons. The van der Waals surface area contributed by atoms with Gasteiger partial charge in [0.05, 0.1) is 7.11 Å². The van der Waals surface area contributed by atoms with E-state index in [0.29, 0.717) is 6.54 Å². The van der Waals surface area contributed by atoms with Crippen molar-refractivity contribution < 1.29 is 14.6 Å². The maximum absolute atomic E-state index is 11.1. The van der Waals surface area contributed by atoms with Gasteiger partial charge in [0.15, 0.2) is 0 Å². The molecule has 1 heterocycles. The van der Waals surface area contributed by atoms with Crippen LogP contribution in [0.2, 0.25) is 5.15 Å². The number of ether oxygens (including phenoxy) is 1. The van der Waals surface area contributed by atoms with Gasteiger partial charge < -0.3 is 15.2 Å². The van der Waals surface area contributed by atoms with Crippen LogP contribution in [0, 0.1) is 0 Å². The summed E-state index contributed by atoms with van der Waals surface area (Å²) < 4.78 is 5.13. The largest absolute Gasteiger partial charge is 0.497 e.